The number of halogens is 1. The van der Waals surface area contributed by atoms with Gasteiger partial charge in [0.2, 0.25) is 0 Å². The molecule has 0 bridgehead atoms. The molecular formula is C18H25IN4OS. The van der Waals surface area contributed by atoms with Gasteiger partial charge in [-0.3, -0.25) is 4.99 Å². The Labute approximate surface area is 170 Å². The molecule has 0 spiro atoms. The zero-order chi connectivity index (χ0) is 16.8. The van der Waals surface area contributed by atoms with E-state index in [0.29, 0.717) is 0 Å². The third-order valence-corrected chi connectivity index (χ3v) is 4.98. The number of piperazine rings is 1. The van der Waals surface area contributed by atoms with Crippen molar-refractivity contribution in [3.05, 3.63) is 46.7 Å². The topological polar surface area (TPSA) is 40.1 Å². The van der Waals surface area contributed by atoms with Crippen molar-refractivity contribution in [2.24, 2.45) is 4.99 Å². The van der Waals surface area contributed by atoms with Gasteiger partial charge in [-0.25, -0.2) is 0 Å². The second-order valence-electron chi connectivity index (χ2n) is 5.68. The predicted molar refractivity (Wildman–Crippen MR) is 117 cm³/mol. The number of aliphatic imine (C=N–C) groups is 1. The summed E-state index contributed by atoms with van der Waals surface area (Å²) < 4.78 is 5.48. The molecule has 1 fully saturated rings. The van der Waals surface area contributed by atoms with Crippen LogP contribution in [0.1, 0.15) is 5.56 Å². The molecule has 0 atom stereocenters. The quantitative estimate of drug-likeness (QED) is 0.422. The van der Waals surface area contributed by atoms with Crippen molar-refractivity contribution in [3.63, 3.8) is 0 Å². The lowest BCUT2D eigenvalue weighted by Gasteiger charge is -2.38. The number of ether oxygens (including phenoxy) is 1. The van der Waals surface area contributed by atoms with Crippen molar-refractivity contribution in [1.29, 1.82) is 0 Å². The number of methoxy groups -OCH3 is 1. The number of nitrogens with one attached hydrogen (secondary N) is 1. The second-order valence-corrected chi connectivity index (χ2v) is 6.46. The Morgan fingerprint density at radius 2 is 1.96 bits per heavy atom. The highest BCUT2D eigenvalue weighted by atomic mass is 127. The molecule has 0 amide bonds. The summed E-state index contributed by atoms with van der Waals surface area (Å²) >= 11 is 1.72. The smallest absolute Gasteiger partial charge is 0.194 e. The first kappa shape index (κ1) is 19.8. The summed E-state index contributed by atoms with van der Waals surface area (Å²) in [5, 5.41) is 7.73. The molecule has 1 saturated heterocycles. The fourth-order valence-corrected chi connectivity index (χ4v) is 3.63. The normalized spacial score (nSPS) is 14.9. The number of hydrogen-bond acceptors (Lipinski definition) is 4. The van der Waals surface area contributed by atoms with Gasteiger partial charge in [0.1, 0.15) is 5.75 Å². The van der Waals surface area contributed by atoms with E-state index in [-0.39, 0.29) is 24.0 Å². The molecule has 0 unspecified atom stereocenters. The fraction of sp³-hybridized carbons (Fsp3) is 0.389. The average molecular weight is 472 g/mol. The first-order valence-electron chi connectivity index (χ1n) is 8.16. The van der Waals surface area contributed by atoms with E-state index in [9.17, 15) is 0 Å². The molecule has 1 aromatic heterocycles. The summed E-state index contributed by atoms with van der Waals surface area (Å²) in [5.41, 5.74) is 2.47. The summed E-state index contributed by atoms with van der Waals surface area (Å²) in [5.74, 6) is 1.91. The summed E-state index contributed by atoms with van der Waals surface area (Å²) in [6, 6.07) is 10.4. The fourth-order valence-electron chi connectivity index (χ4n) is 2.96. The van der Waals surface area contributed by atoms with Gasteiger partial charge in [0.15, 0.2) is 5.96 Å². The molecule has 7 heteroatoms. The van der Waals surface area contributed by atoms with Gasteiger partial charge < -0.3 is 19.9 Å². The molecule has 1 aliphatic rings. The number of guanidine groups is 1. The van der Waals surface area contributed by atoms with Crippen LogP contribution in [-0.2, 0) is 6.54 Å². The van der Waals surface area contributed by atoms with Crippen LogP contribution in [0.3, 0.4) is 0 Å². The Morgan fingerprint density at radius 3 is 2.60 bits per heavy atom. The number of para-hydroxylation sites is 2. The maximum absolute atomic E-state index is 5.48. The molecular weight excluding hydrogens is 447 g/mol. The van der Waals surface area contributed by atoms with Gasteiger partial charge in [-0.15, -0.1) is 24.0 Å². The molecule has 1 aromatic carbocycles. The molecule has 2 heterocycles. The first-order chi connectivity index (χ1) is 11.8. The summed E-state index contributed by atoms with van der Waals surface area (Å²) in [6.45, 7) is 4.63. The van der Waals surface area contributed by atoms with Crippen LogP contribution in [0.25, 0.3) is 0 Å². The summed E-state index contributed by atoms with van der Waals surface area (Å²) in [7, 11) is 3.58. The highest BCUT2D eigenvalue weighted by Crippen LogP contribution is 2.28. The highest BCUT2D eigenvalue weighted by Gasteiger charge is 2.21. The number of rotatable bonds is 4. The van der Waals surface area contributed by atoms with Crippen LogP contribution in [0.4, 0.5) is 5.69 Å². The molecule has 0 radical (unpaired) electrons. The van der Waals surface area contributed by atoms with Gasteiger partial charge >= 0.3 is 0 Å². The highest BCUT2D eigenvalue weighted by molar-refractivity contribution is 14.0. The molecule has 1 aliphatic heterocycles. The lowest BCUT2D eigenvalue weighted by atomic mass is 10.2. The van der Waals surface area contributed by atoms with Crippen LogP contribution < -0.4 is 15.0 Å². The Balaban J connectivity index is 0.00000225. The summed E-state index contributed by atoms with van der Waals surface area (Å²) in [4.78, 5) is 9.13. The van der Waals surface area contributed by atoms with Crippen molar-refractivity contribution >= 4 is 47.0 Å². The van der Waals surface area contributed by atoms with Gasteiger partial charge in [0.25, 0.3) is 0 Å². The van der Waals surface area contributed by atoms with Crippen LogP contribution in [0.2, 0.25) is 0 Å². The van der Waals surface area contributed by atoms with E-state index >= 15 is 0 Å². The minimum atomic E-state index is 0. The third kappa shape index (κ3) is 5.01. The van der Waals surface area contributed by atoms with Crippen LogP contribution in [0.15, 0.2) is 46.1 Å². The van der Waals surface area contributed by atoms with E-state index in [1.165, 1.54) is 11.3 Å². The van der Waals surface area contributed by atoms with Crippen LogP contribution >= 0.6 is 35.3 Å². The number of hydrogen-bond donors (Lipinski definition) is 1. The van der Waals surface area contributed by atoms with Crippen molar-refractivity contribution < 1.29 is 4.74 Å². The van der Waals surface area contributed by atoms with E-state index < -0.39 is 0 Å². The molecule has 0 aliphatic carbocycles. The Bertz CT molecular complexity index is 669. The molecule has 136 valence electrons. The number of benzene rings is 1. The Hall–Kier alpha value is -1.48. The van der Waals surface area contributed by atoms with E-state index in [1.54, 1.807) is 18.4 Å². The molecule has 1 N–H and O–H groups in total. The minimum absolute atomic E-state index is 0. The van der Waals surface area contributed by atoms with Gasteiger partial charge in [0, 0.05) is 39.8 Å². The van der Waals surface area contributed by atoms with Crippen molar-refractivity contribution in [2.45, 2.75) is 6.54 Å². The zero-order valence-corrected chi connectivity index (χ0v) is 17.8. The van der Waals surface area contributed by atoms with Crippen LogP contribution in [-0.4, -0.2) is 51.2 Å². The maximum Gasteiger partial charge on any atom is 0.194 e. The lowest BCUT2D eigenvalue weighted by Crippen LogP contribution is -2.52. The van der Waals surface area contributed by atoms with Crippen molar-refractivity contribution in [3.8, 4) is 5.75 Å². The van der Waals surface area contributed by atoms with Gasteiger partial charge in [-0.05, 0) is 34.5 Å². The standard InChI is InChI=1S/C18H24N4OS.HI/c1-19-18(20-13-15-7-12-24-14-15)22-10-8-21(9-11-22)16-5-3-4-6-17(16)23-2;/h3-7,12,14H,8-11,13H2,1-2H3,(H,19,20);1H. The van der Waals surface area contributed by atoms with E-state index in [4.69, 9.17) is 4.74 Å². The van der Waals surface area contributed by atoms with E-state index in [1.807, 2.05) is 19.2 Å². The first-order valence-corrected chi connectivity index (χ1v) is 9.10. The third-order valence-electron chi connectivity index (χ3n) is 4.25. The Morgan fingerprint density at radius 1 is 1.20 bits per heavy atom. The maximum atomic E-state index is 5.48. The van der Waals surface area contributed by atoms with Gasteiger partial charge in [-0.1, -0.05) is 12.1 Å². The molecule has 5 nitrogen and oxygen atoms in total. The van der Waals surface area contributed by atoms with Crippen LogP contribution in [0.5, 0.6) is 5.75 Å². The molecule has 25 heavy (non-hydrogen) atoms. The molecule has 0 saturated carbocycles. The molecule has 3 rings (SSSR count). The van der Waals surface area contributed by atoms with Gasteiger partial charge in [0.05, 0.1) is 12.8 Å². The number of thiophene rings is 1. The summed E-state index contributed by atoms with van der Waals surface area (Å²) in [6.07, 6.45) is 0. The van der Waals surface area contributed by atoms with Gasteiger partial charge in [-0.2, -0.15) is 11.3 Å². The Kier molecular flexibility index (Phi) is 7.83. The molecule has 2 aromatic rings. The predicted octanol–water partition coefficient (Wildman–Crippen LogP) is 3.27. The van der Waals surface area contributed by atoms with Crippen molar-refractivity contribution in [1.82, 2.24) is 10.2 Å². The number of nitrogens with zero attached hydrogens (tertiary/aromatic N) is 3. The van der Waals surface area contributed by atoms with Crippen LogP contribution in [0, 0.1) is 0 Å². The monoisotopic (exact) mass is 472 g/mol. The number of anilines is 1. The second kappa shape index (κ2) is 9.86. The largest absolute Gasteiger partial charge is 0.495 e. The van der Waals surface area contributed by atoms with Crippen molar-refractivity contribution in [2.75, 3.05) is 45.2 Å². The van der Waals surface area contributed by atoms with E-state index in [0.717, 1.165) is 44.4 Å². The lowest BCUT2D eigenvalue weighted by molar-refractivity contribution is 0.367. The average Bonchev–Trinajstić information content (AvgIpc) is 3.16. The minimum Gasteiger partial charge on any atom is -0.495 e. The zero-order valence-electron chi connectivity index (χ0n) is 14.6. The van der Waals surface area contributed by atoms with E-state index in [2.05, 4.69) is 49.1 Å². The SMILES string of the molecule is CN=C(NCc1ccsc1)N1CCN(c2ccccc2OC)CC1.I.